The zero-order valence-electron chi connectivity index (χ0n) is 11.8. The molecule has 0 aromatic carbocycles. The smallest absolute Gasteiger partial charge is 0.219 e. The first-order valence-corrected chi connectivity index (χ1v) is 7.13. The maximum absolute atomic E-state index is 10.7. The molecule has 19 heavy (non-hydrogen) atoms. The first kappa shape index (κ1) is 13.9. The van der Waals surface area contributed by atoms with Crippen molar-refractivity contribution < 1.29 is 4.79 Å². The van der Waals surface area contributed by atoms with E-state index in [1.54, 1.807) is 4.68 Å². The van der Waals surface area contributed by atoms with Crippen LogP contribution in [0.4, 0.5) is 5.82 Å². The van der Waals surface area contributed by atoms with Gasteiger partial charge < -0.3 is 11.1 Å². The number of anilines is 1. The van der Waals surface area contributed by atoms with Crippen molar-refractivity contribution in [3.63, 3.8) is 0 Å². The van der Waals surface area contributed by atoms with Gasteiger partial charge in [0.1, 0.15) is 5.82 Å². The lowest BCUT2D eigenvalue weighted by atomic mass is 9.79. The summed E-state index contributed by atoms with van der Waals surface area (Å²) in [7, 11) is 0. The zero-order chi connectivity index (χ0) is 13.8. The van der Waals surface area contributed by atoms with Crippen LogP contribution < -0.4 is 11.1 Å². The van der Waals surface area contributed by atoms with Crippen LogP contribution in [0, 0.1) is 11.8 Å². The van der Waals surface area contributed by atoms with Crippen molar-refractivity contribution in [2.75, 3.05) is 5.32 Å². The lowest BCUT2D eigenvalue weighted by molar-refractivity contribution is -0.118. The molecule has 1 saturated carbocycles. The number of nitrogens with zero attached hydrogens (tertiary/aromatic N) is 2. The highest BCUT2D eigenvalue weighted by molar-refractivity contribution is 5.73. The molecule has 0 unspecified atom stereocenters. The maximum atomic E-state index is 10.7. The van der Waals surface area contributed by atoms with Crippen LogP contribution in [0.2, 0.25) is 0 Å². The first-order chi connectivity index (χ1) is 9.04. The van der Waals surface area contributed by atoms with Crippen LogP contribution >= 0.6 is 0 Å². The van der Waals surface area contributed by atoms with Gasteiger partial charge in [-0.05, 0) is 31.1 Å². The number of rotatable bonds is 5. The zero-order valence-corrected chi connectivity index (χ0v) is 11.8. The van der Waals surface area contributed by atoms with Crippen LogP contribution in [-0.2, 0) is 11.3 Å². The van der Waals surface area contributed by atoms with Crippen LogP contribution in [0.3, 0.4) is 0 Å². The van der Waals surface area contributed by atoms with E-state index in [1.165, 1.54) is 19.3 Å². The molecule has 0 bridgehead atoms. The lowest BCUT2D eigenvalue weighted by Crippen LogP contribution is -2.30. The van der Waals surface area contributed by atoms with Gasteiger partial charge in [-0.3, -0.25) is 9.48 Å². The fourth-order valence-electron chi connectivity index (χ4n) is 2.68. The van der Waals surface area contributed by atoms with Crippen molar-refractivity contribution in [2.45, 2.75) is 52.1 Å². The molecule has 106 valence electrons. The number of carbonyl (C=O) groups is 1. The molecule has 3 atom stereocenters. The second kappa shape index (κ2) is 6.08. The summed E-state index contributed by atoms with van der Waals surface area (Å²) in [6.45, 7) is 5.21. The van der Waals surface area contributed by atoms with E-state index < -0.39 is 0 Å². The number of amides is 1. The van der Waals surface area contributed by atoms with Crippen LogP contribution in [-0.4, -0.2) is 21.7 Å². The number of nitrogens with two attached hydrogens (primary N) is 1. The number of primary amides is 1. The summed E-state index contributed by atoms with van der Waals surface area (Å²) in [5.74, 6) is 2.20. The summed E-state index contributed by atoms with van der Waals surface area (Å²) in [4.78, 5) is 10.7. The van der Waals surface area contributed by atoms with E-state index in [9.17, 15) is 4.79 Å². The summed E-state index contributed by atoms with van der Waals surface area (Å²) in [5.41, 5.74) is 5.13. The minimum Gasteiger partial charge on any atom is -0.370 e. The highest BCUT2D eigenvalue weighted by atomic mass is 16.1. The minimum absolute atomic E-state index is 0.292. The third-order valence-electron chi connectivity index (χ3n) is 4.18. The average Bonchev–Trinajstić information content (AvgIpc) is 2.79. The van der Waals surface area contributed by atoms with Gasteiger partial charge in [0.15, 0.2) is 0 Å². The van der Waals surface area contributed by atoms with Crippen molar-refractivity contribution in [3.8, 4) is 0 Å². The van der Waals surface area contributed by atoms with Crippen molar-refractivity contribution in [1.82, 2.24) is 9.78 Å². The Morgan fingerprint density at radius 1 is 1.47 bits per heavy atom. The van der Waals surface area contributed by atoms with Gasteiger partial charge in [0, 0.05) is 31.3 Å². The van der Waals surface area contributed by atoms with Crippen LogP contribution in [0.15, 0.2) is 12.3 Å². The van der Waals surface area contributed by atoms with Crippen LogP contribution in [0.25, 0.3) is 0 Å². The highest BCUT2D eigenvalue weighted by Gasteiger charge is 2.24. The molecule has 5 nitrogen and oxygen atoms in total. The molecule has 1 heterocycles. The number of carbonyl (C=O) groups excluding carboxylic acids is 1. The summed E-state index contributed by atoms with van der Waals surface area (Å²) < 4.78 is 1.77. The molecule has 1 aromatic heterocycles. The number of aromatic nitrogens is 2. The number of hydrogen-bond acceptors (Lipinski definition) is 3. The molecule has 2 rings (SSSR count). The molecule has 0 aliphatic heterocycles. The molecule has 0 saturated heterocycles. The Hall–Kier alpha value is -1.52. The van der Waals surface area contributed by atoms with Crippen LogP contribution in [0.1, 0.15) is 39.5 Å². The fourth-order valence-corrected chi connectivity index (χ4v) is 2.68. The topological polar surface area (TPSA) is 72.9 Å². The monoisotopic (exact) mass is 264 g/mol. The highest BCUT2D eigenvalue weighted by Crippen LogP contribution is 2.30. The maximum Gasteiger partial charge on any atom is 0.219 e. The molecular weight excluding hydrogens is 240 g/mol. The fraction of sp³-hybridized carbons (Fsp3) is 0.714. The van der Waals surface area contributed by atoms with E-state index in [4.69, 9.17) is 5.73 Å². The molecule has 3 N–H and O–H groups in total. The van der Waals surface area contributed by atoms with Gasteiger partial charge in [-0.2, -0.15) is 5.10 Å². The van der Waals surface area contributed by atoms with Crippen molar-refractivity contribution in [1.29, 1.82) is 0 Å². The number of hydrogen-bond donors (Lipinski definition) is 2. The van der Waals surface area contributed by atoms with E-state index in [0.29, 0.717) is 19.0 Å². The van der Waals surface area contributed by atoms with Gasteiger partial charge in [-0.25, -0.2) is 0 Å². The Balaban J connectivity index is 1.84. The second-order valence-electron chi connectivity index (χ2n) is 5.79. The average molecular weight is 264 g/mol. The van der Waals surface area contributed by atoms with Gasteiger partial charge in [-0.15, -0.1) is 0 Å². The Kier molecular flexibility index (Phi) is 4.45. The summed E-state index contributed by atoms with van der Waals surface area (Å²) >= 11 is 0. The van der Waals surface area contributed by atoms with Gasteiger partial charge in [0.25, 0.3) is 0 Å². The third kappa shape index (κ3) is 3.98. The van der Waals surface area contributed by atoms with Crippen molar-refractivity contribution >= 4 is 11.7 Å². The minimum atomic E-state index is -0.292. The first-order valence-electron chi connectivity index (χ1n) is 7.13. The Morgan fingerprint density at radius 3 is 2.95 bits per heavy atom. The van der Waals surface area contributed by atoms with Gasteiger partial charge in [0.05, 0.1) is 0 Å². The van der Waals surface area contributed by atoms with E-state index in [2.05, 4.69) is 24.3 Å². The van der Waals surface area contributed by atoms with Gasteiger partial charge in [-0.1, -0.05) is 13.8 Å². The molecular formula is C14H24N4O. The van der Waals surface area contributed by atoms with E-state index in [1.807, 2.05) is 12.3 Å². The Bertz CT molecular complexity index is 429. The largest absolute Gasteiger partial charge is 0.370 e. The predicted molar refractivity (Wildman–Crippen MR) is 75.6 cm³/mol. The molecule has 1 aliphatic carbocycles. The van der Waals surface area contributed by atoms with Crippen molar-refractivity contribution in [3.05, 3.63) is 12.3 Å². The summed E-state index contributed by atoms with van der Waals surface area (Å²) in [5, 5.41) is 7.91. The molecule has 1 aromatic rings. The van der Waals surface area contributed by atoms with Gasteiger partial charge in [0.2, 0.25) is 5.91 Å². The van der Waals surface area contributed by atoms with Gasteiger partial charge >= 0.3 is 0 Å². The quantitative estimate of drug-likeness (QED) is 0.854. The Morgan fingerprint density at radius 2 is 2.26 bits per heavy atom. The van der Waals surface area contributed by atoms with E-state index in [-0.39, 0.29) is 5.91 Å². The number of aryl methyl sites for hydroxylation is 1. The standard InChI is InChI=1S/C14H24N4O/c1-10-3-4-12(9-11(10)2)16-14-6-8-18(17-14)7-5-13(15)19/h6,8,10-12H,3-5,7,9H2,1-2H3,(H2,15,19)(H,16,17)/t10-,11+,12-/m1/s1. The molecule has 0 radical (unpaired) electrons. The Labute approximate surface area is 114 Å². The second-order valence-corrected chi connectivity index (χ2v) is 5.79. The normalized spacial score (nSPS) is 27.2. The van der Waals surface area contributed by atoms with Crippen LogP contribution in [0.5, 0.6) is 0 Å². The van der Waals surface area contributed by atoms with E-state index >= 15 is 0 Å². The molecule has 5 heteroatoms. The SMILES string of the molecule is C[C@@H]1CC[C@@H](Nc2ccn(CCC(N)=O)n2)C[C@@H]1C. The third-order valence-corrected chi connectivity index (χ3v) is 4.18. The van der Waals surface area contributed by atoms with Crippen molar-refractivity contribution in [2.24, 2.45) is 17.6 Å². The lowest BCUT2D eigenvalue weighted by Gasteiger charge is -2.32. The summed E-state index contributed by atoms with van der Waals surface area (Å²) in [6, 6.07) is 2.48. The molecule has 1 aliphatic rings. The van der Waals surface area contributed by atoms with E-state index in [0.717, 1.165) is 17.7 Å². The summed E-state index contributed by atoms with van der Waals surface area (Å²) in [6.07, 6.45) is 5.91. The predicted octanol–water partition coefficient (Wildman–Crippen LogP) is 2.00. The molecule has 1 amide bonds. The number of nitrogens with one attached hydrogen (secondary N) is 1. The molecule has 1 fully saturated rings. The molecule has 0 spiro atoms.